The summed E-state index contributed by atoms with van der Waals surface area (Å²) < 4.78 is 1.11. The van der Waals surface area contributed by atoms with Crippen LogP contribution in [0.1, 0.15) is 27.0 Å². The Kier molecular flexibility index (Phi) is 5.69. The van der Waals surface area contributed by atoms with Crippen LogP contribution in [0.25, 0.3) is 10.2 Å². The summed E-state index contributed by atoms with van der Waals surface area (Å²) in [4.78, 5) is 21.3. The maximum absolute atomic E-state index is 13.5. The van der Waals surface area contributed by atoms with Gasteiger partial charge in [-0.15, -0.1) is 11.8 Å². The smallest absolute Gasteiger partial charge is 0.260 e. The number of carbonyl (C=O) groups is 1. The van der Waals surface area contributed by atoms with Gasteiger partial charge in [0.1, 0.15) is 0 Å². The number of aromatic nitrogens is 1. The molecule has 0 spiro atoms. The fraction of sp³-hybridized carbons (Fsp3) is 0.167. The second-order valence-electron chi connectivity index (χ2n) is 7.03. The van der Waals surface area contributed by atoms with E-state index in [2.05, 4.69) is 26.0 Å². The van der Waals surface area contributed by atoms with Gasteiger partial charge in [0.2, 0.25) is 0 Å². The lowest BCUT2D eigenvalue weighted by atomic mass is 10.1. The second-order valence-corrected chi connectivity index (χ2v) is 8.92. The van der Waals surface area contributed by atoms with Crippen molar-refractivity contribution in [2.75, 3.05) is 11.2 Å². The average Bonchev–Trinajstić information content (AvgIpc) is 3.16. The van der Waals surface area contributed by atoms with Gasteiger partial charge in [0.25, 0.3) is 5.91 Å². The Morgan fingerprint density at radius 3 is 2.59 bits per heavy atom. The Morgan fingerprint density at radius 2 is 1.83 bits per heavy atom. The van der Waals surface area contributed by atoms with Crippen molar-refractivity contribution < 1.29 is 4.79 Å². The molecular formula is C24H22N2OS2. The number of carbonyl (C=O) groups excluding carboxylic acids is 1. The van der Waals surface area contributed by atoms with Crippen LogP contribution in [0.15, 0.2) is 71.6 Å². The standard InChI is InChI=1S/C24H22N2OS2/c1-16-12-17(2)22-21(13-16)29-24(25-22)26(15-18-8-5-4-6-9-18)23(27)19-10-7-11-20(14-19)28-3/h4-14H,15H2,1-3H3. The van der Waals surface area contributed by atoms with Crippen LogP contribution in [0.5, 0.6) is 0 Å². The molecule has 5 heteroatoms. The second kappa shape index (κ2) is 8.39. The van der Waals surface area contributed by atoms with E-state index in [0.717, 1.165) is 31.4 Å². The predicted molar refractivity (Wildman–Crippen MR) is 124 cm³/mol. The number of nitrogens with zero attached hydrogens (tertiary/aromatic N) is 2. The van der Waals surface area contributed by atoms with Crippen LogP contribution in [0, 0.1) is 13.8 Å². The molecule has 0 fully saturated rings. The molecule has 0 bridgehead atoms. The van der Waals surface area contributed by atoms with Gasteiger partial charge in [-0.2, -0.15) is 0 Å². The van der Waals surface area contributed by atoms with Crippen molar-refractivity contribution in [2.45, 2.75) is 25.3 Å². The van der Waals surface area contributed by atoms with E-state index >= 15 is 0 Å². The lowest BCUT2D eigenvalue weighted by Gasteiger charge is -2.20. The van der Waals surface area contributed by atoms with Crippen molar-refractivity contribution in [3.8, 4) is 0 Å². The molecule has 29 heavy (non-hydrogen) atoms. The number of aryl methyl sites for hydroxylation is 2. The number of anilines is 1. The van der Waals surface area contributed by atoms with E-state index in [9.17, 15) is 4.79 Å². The summed E-state index contributed by atoms with van der Waals surface area (Å²) in [6.07, 6.45) is 2.02. The van der Waals surface area contributed by atoms with Crippen molar-refractivity contribution in [3.63, 3.8) is 0 Å². The van der Waals surface area contributed by atoms with Gasteiger partial charge in [0.15, 0.2) is 5.13 Å². The van der Waals surface area contributed by atoms with Crippen LogP contribution in [0.4, 0.5) is 5.13 Å². The predicted octanol–water partition coefficient (Wildman–Crippen LogP) is 6.48. The van der Waals surface area contributed by atoms with Crippen LogP contribution < -0.4 is 4.90 Å². The molecule has 1 heterocycles. The average molecular weight is 419 g/mol. The molecule has 0 unspecified atom stereocenters. The first kappa shape index (κ1) is 19.7. The van der Waals surface area contributed by atoms with E-state index in [4.69, 9.17) is 4.98 Å². The Labute approximate surface area is 179 Å². The summed E-state index contributed by atoms with van der Waals surface area (Å²) in [7, 11) is 0. The summed E-state index contributed by atoms with van der Waals surface area (Å²) in [5.74, 6) is -0.0295. The minimum atomic E-state index is -0.0295. The molecule has 0 N–H and O–H groups in total. The maximum atomic E-state index is 13.5. The van der Waals surface area contributed by atoms with Crippen LogP contribution in [-0.2, 0) is 6.54 Å². The first-order chi connectivity index (χ1) is 14.0. The highest BCUT2D eigenvalue weighted by molar-refractivity contribution is 7.98. The highest BCUT2D eigenvalue weighted by Gasteiger charge is 2.22. The molecule has 4 rings (SSSR count). The van der Waals surface area contributed by atoms with E-state index < -0.39 is 0 Å². The van der Waals surface area contributed by atoms with Crippen LogP contribution in [-0.4, -0.2) is 17.1 Å². The van der Waals surface area contributed by atoms with Gasteiger partial charge in [-0.3, -0.25) is 9.69 Å². The first-order valence-electron chi connectivity index (χ1n) is 9.43. The number of fused-ring (bicyclic) bond motifs is 1. The third-order valence-electron chi connectivity index (χ3n) is 4.79. The normalized spacial score (nSPS) is 11.0. The summed E-state index contributed by atoms with van der Waals surface area (Å²) in [6.45, 7) is 4.65. The van der Waals surface area contributed by atoms with Gasteiger partial charge >= 0.3 is 0 Å². The zero-order valence-electron chi connectivity index (χ0n) is 16.7. The minimum absolute atomic E-state index is 0.0295. The molecule has 0 atom stereocenters. The molecule has 0 saturated carbocycles. The minimum Gasteiger partial charge on any atom is -0.279 e. The van der Waals surface area contributed by atoms with Crippen molar-refractivity contribution >= 4 is 44.4 Å². The van der Waals surface area contributed by atoms with E-state index in [1.165, 1.54) is 5.56 Å². The van der Waals surface area contributed by atoms with Crippen LogP contribution in [0.2, 0.25) is 0 Å². The third-order valence-corrected chi connectivity index (χ3v) is 6.55. The molecule has 0 aliphatic rings. The van der Waals surface area contributed by atoms with Gasteiger partial charge in [-0.25, -0.2) is 4.98 Å². The van der Waals surface area contributed by atoms with Gasteiger partial charge in [0, 0.05) is 10.5 Å². The quantitative estimate of drug-likeness (QED) is 0.348. The molecule has 146 valence electrons. The Bertz CT molecular complexity index is 1170. The summed E-state index contributed by atoms with van der Waals surface area (Å²) in [6, 6.07) is 22.1. The number of thioether (sulfide) groups is 1. The molecule has 1 aromatic heterocycles. The largest absolute Gasteiger partial charge is 0.279 e. The fourth-order valence-corrected chi connectivity index (χ4v) is 4.98. The van der Waals surface area contributed by atoms with Gasteiger partial charge in [-0.1, -0.05) is 53.8 Å². The molecule has 0 aliphatic carbocycles. The molecule has 3 aromatic carbocycles. The number of thiazole rings is 1. The Balaban J connectivity index is 1.79. The van der Waals surface area contributed by atoms with E-state index in [1.807, 2.05) is 60.9 Å². The molecule has 0 radical (unpaired) electrons. The summed E-state index contributed by atoms with van der Waals surface area (Å²) in [5.41, 5.74) is 5.08. The topological polar surface area (TPSA) is 33.2 Å². The molecule has 1 amide bonds. The van der Waals surface area contributed by atoms with E-state index in [1.54, 1.807) is 28.0 Å². The summed E-state index contributed by atoms with van der Waals surface area (Å²) in [5, 5.41) is 0.733. The highest BCUT2D eigenvalue weighted by atomic mass is 32.2. The van der Waals surface area contributed by atoms with Crippen molar-refractivity contribution in [1.29, 1.82) is 0 Å². The lowest BCUT2D eigenvalue weighted by molar-refractivity contribution is 0.0985. The molecule has 0 aliphatic heterocycles. The molecule has 0 saturated heterocycles. The number of amides is 1. The number of hydrogen-bond donors (Lipinski definition) is 0. The number of benzene rings is 3. The number of rotatable bonds is 5. The Morgan fingerprint density at radius 1 is 1.03 bits per heavy atom. The highest BCUT2D eigenvalue weighted by Crippen LogP contribution is 2.33. The maximum Gasteiger partial charge on any atom is 0.260 e. The first-order valence-corrected chi connectivity index (χ1v) is 11.5. The monoisotopic (exact) mass is 418 g/mol. The van der Waals surface area contributed by atoms with Gasteiger partial charge in [0.05, 0.1) is 16.8 Å². The number of hydrogen-bond acceptors (Lipinski definition) is 4. The zero-order chi connectivity index (χ0) is 20.4. The fourth-order valence-electron chi connectivity index (χ4n) is 3.38. The third kappa shape index (κ3) is 4.21. The van der Waals surface area contributed by atoms with Crippen LogP contribution >= 0.6 is 23.1 Å². The van der Waals surface area contributed by atoms with Crippen molar-refractivity contribution in [3.05, 3.63) is 89.0 Å². The van der Waals surface area contributed by atoms with Gasteiger partial charge in [-0.05, 0) is 61.1 Å². The molecule has 3 nitrogen and oxygen atoms in total. The van der Waals surface area contributed by atoms with Crippen molar-refractivity contribution in [2.24, 2.45) is 0 Å². The van der Waals surface area contributed by atoms with E-state index in [-0.39, 0.29) is 5.91 Å². The molecular weight excluding hydrogens is 396 g/mol. The van der Waals surface area contributed by atoms with Gasteiger partial charge < -0.3 is 0 Å². The van der Waals surface area contributed by atoms with Crippen LogP contribution in [0.3, 0.4) is 0 Å². The summed E-state index contributed by atoms with van der Waals surface area (Å²) >= 11 is 3.21. The van der Waals surface area contributed by atoms with E-state index in [0.29, 0.717) is 12.1 Å². The van der Waals surface area contributed by atoms with Crippen molar-refractivity contribution in [1.82, 2.24) is 4.98 Å². The molecule has 4 aromatic rings. The SMILES string of the molecule is CSc1cccc(C(=O)N(Cc2ccccc2)c2nc3c(C)cc(C)cc3s2)c1. The lowest BCUT2D eigenvalue weighted by Crippen LogP contribution is -2.30. The Hall–Kier alpha value is -2.63. The zero-order valence-corrected chi connectivity index (χ0v) is 18.3.